The summed E-state index contributed by atoms with van der Waals surface area (Å²) in [6.45, 7) is 4.72. The largest absolute Gasteiger partial charge is 0.366 e. The molecule has 5 rings (SSSR count). The lowest BCUT2D eigenvalue weighted by Crippen LogP contribution is -2.51. The molecular formula is C23H26BBrN6O3S2. The van der Waals surface area contributed by atoms with Crippen molar-refractivity contribution in [1.29, 1.82) is 0 Å². The normalized spacial score (nSPS) is 18.1. The highest BCUT2D eigenvalue weighted by Gasteiger charge is 2.32. The van der Waals surface area contributed by atoms with E-state index in [4.69, 9.17) is 7.85 Å². The second-order valence-corrected chi connectivity index (χ2v) is 13.0. The first-order chi connectivity index (χ1) is 17.3. The van der Waals surface area contributed by atoms with Crippen LogP contribution in [0, 0.1) is 0 Å². The molecule has 3 aromatic rings. The van der Waals surface area contributed by atoms with Crippen LogP contribution in [0.1, 0.15) is 0 Å². The molecule has 2 radical (unpaired) electrons. The Morgan fingerprint density at radius 3 is 2.22 bits per heavy atom. The fourth-order valence-corrected chi connectivity index (χ4v) is 8.03. The number of thiophene rings is 1. The third-order valence-electron chi connectivity index (χ3n) is 6.62. The van der Waals surface area contributed by atoms with Gasteiger partial charge in [0.05, 0.1) is 17.6 Å². The van der Waals surface area contributed by atoms with E-state index < -0.39 is 10.0 Å². The summed E-state index contributed by atoms with van der Waals surface area (Å²) in [5.74, 6) is 0. The van der Waals surface area contributed by atoms with E-state index in [1.54, 1.807) is 12.3 Å². The standard InChI is InChI=1S/C23H26BBrN6O3S2/c1-27-7-9-29(10-8-27)21-19(16-26-31(23(21)32)17-5-3-2-4-6-17)28-11-13-30(14-12-28)36(33,34)20-15-18(25)22(24)35-20/h2-6,15-16H,7-14H2,1H3. The van der Waals surface area contributed by atoms with Gasteiger partial charge in [-0.3, -0.25) is 4.79 Å². The van der Waals surface area contributed by atoms with Gasteiger partial charge in [0.2, 0.25) is 0 Å². The molecule has 0 amide bonds. The Bertz CT molecular complexity index is 1380. The molecule has 2 aliphatic rings. The Labute approximate surface area is 224 Å². The molecule has 2 saturated heterocycles. The average Bonchev–Trinajstić information content (AvgIpc) is 3.24. The summed E-state index contributed by atoms with van der Waals surface area (Å²) in [4.78, 5) is 20.2. The van der Waals surface area contributed by atoms with E-state index in [1.165, 1.54) is 8.99 Å². The van der Waals surface area contributed by atoms with Crippen molar-refractivity contribution in [3.8, 4) is 5.69 Å². The minimum absolute atomic E-state index is 0.169. The van der Waals surface area contributed by atoms with Crippen LogP contribution in [0.3, 0.4) is 0 Å². The summed E-state index contributed by atoms with van der Waals surface area (Å²) in [5, 5.41) is 4.50. The number of rotatable bonds is 5. The van der Waals surface area contributed by atoms with Crippen LogP contribution >= 0.6 is 27.3 Å². The van der Waals surface area contributed by atoms with Gasteiger partial charge in [0, 0.05) is 56.8 Å². The molecule has 0 N–H and O–H groups in total. The average molecular weight is 589 g/mol. The van der Waals surface area contributed by atoms with Crippen molar-refractivity contribution in [2.45, 2.75) is 4.21 Å². The van der Waals surface area contributed by atoms with E-state index in [9.17, 15) is 13.2 Å². The van der Waals surface area contributed by atoms with Crippen LogP contribution in [0.15, 0.2) is 56.1 Å². The number of aromatic nitrogens is 2. The van der Waals surface area contributed by atoms with E-state index in [0.29, 0.717) is 46.8 Å². The molecule has 0 bridgehead atoms. The van der Waals surface area contributed by atoms with Crippen molar-refractivity contribution in [3.05, 3.63) is 57.4 Å². The van der Waals surface area contributed by atoms with Gasteiger partial charge in [0.15, 0.2) is 0 Å². The van der Waals surface area contributed by atoms with Crippen molar-refractivity contribution >= 4 is 61.3 Å². The molecule has 2 fully saturated rings. The van der Waals surface area contributed by atoms with Crippen molar-refractivity contribution in [3.63, 3.8) is 0 Å². The second kappa shape index (κ2) is 10.3. The Kier molecular flexibility index (Phi) is 7.28. The molecule has 0 spiro atoms. The third kappa shape index (κ3) is 4.86. The summed E-state index contributed by atoms with van der Waals surface area (Å²) < 4.78 is 30.5. The number of halogens is 1. The number of likely N-dealkylation sites (N-methyl/N-ethyl adjacent to an activating group) is 1. The van der Waals surface area contributed by atoms with Gasteiger partial charge in [-0.05, 0) is 30.0 Å². The number of hydrogen-bond donors (Lipinski definition) is 0. The molecule has 13 heteroatoms. The SMILES string of the molecule is [B]c1sc(S(=O)(=O)N2CCN(c3cnn(-c4ccccc4)c(=O)c3N3CCN(C)CC3)CC2)cc1Br. The molecule has 9 nitrogen and oxygen atoms in total. The highest BCUT2D eigenvalue weighted by Crippen LogP contribution is 2.30. The van der Waals surface area contributed by atoms with Crippen LogP contribution in [-0.4, -0.2) is 94.7 Å². The fourth-order valence-electron chi connectivity index (χ4n) is 4.53. The minimum atomic E-state index is -3.64. The molecule has 0 atom stereocenters. The van der Waals surface area contributed by atoms with Crippen molar-refractivity contribution in [2.75, 3.05) is 69.2 Å². The molecule has 4 heterocycles. The van der Waals surface area contributed by atoms with Crippen molar-refractivity contribution in [2.24, 2.45) is 0 Å². The summed E-state index contributed by atoms with van der Waals surface area (Å²) in [7, 11) is 4.30. The Morgan fingerprint density at radius 1 is 0.972 bits per heavy atom. The first-order valence-corrected chi connectivity index (χ1v) is 14.7. The molecule has 2 aliphatic heterocycles. The van der Waals surface area contributed by atoms with Gasteiger partial charge in [-0.25, -0.2) is 8.42 Å². The second-order valence-electron chi connectivity index (χ2n) is 8.89. The number of benzene rings is 1. The summed E-state index contributed by atoms with van der Waals surface area (Å²) in [6, 6.07) is 10.9. The van der Waals surface area contributed by atoms with E-state index in [1.807, 2.05) is 30.3 Å². The van der Waals surface area contributed by atoms with Crippen molar-refractivity contribution < 1.29 is 8.42 Å². The lowest BCUT2D eigenvalue weighted by molar-refractivity contribution is 0.312. The van der Waals surface area contributed by atoms with Crippen LogP contribution in [-0.2, 0) is 10.0 Å². The first kappa shape index (κ1) is 25.5. The molecule has 0 unspecified atom stereocenters. The van der Waals surface area contributed by atoms with Gasteiger partial charge in [0.25, 0.3) is 15.6 Å². The predicted octanol–water partition coefficient (Wildman–Crippen LogP) is 1.11. The zero-order valence-corrected chi connectivity index (χ0v) is 23.1. The van der Waals surface area contributed by atoms with Crippen LogP contribution in [0.2, 0.25) is 0 Å². The molecule has 36 heavy (non-hydrogen) atoms. The van der Waals surface area contributed by atoms with Crippen LogP contribution in [0.5, 0.6) is 0 Å². The monoisotopic (exact) mass is 588 g/mol. The third-order valence-corrected chi connectivity index (χ3v) is 10.8. The number of piperazine rings is 2. The maximum absolute atomic E-state index is 13.8. The van der Waals surface area contributed by atoms with Crippen molar-refractivity contribution in [1.82, 2.24) is 19.0 Å². The van der Waals surface area contributed by atoms with Gasteiger partial charge in [-0.2, -0.15) is 14.1 Å². The Hall–Kier alpha value is -2.19. The van der Waals surface area contributed by atoms with Gasteiger partial charge in [0.1, 0.15) is 17.7 Å². The number of para-hydroxylation sites is 1. The Morgan fingerprint density at radius 2 is 1.61 bits per heavy atom. The highest BCUT2D eigenvalue weighted by atomic mass is 79.9. The lowest BCUT2D eigenvalue weighted by atomic mass is 10.1. The summed E-state index contributed by atoms with van der Waals surface area (Å²) in [6.07, 6.45) is 1.74. The Balaban J connectivity index is 1.44. The first-order valence-electron chi connectivity index (χ1n) is 11.7. The summed E-state index contributed by atoms with van der Waals surface area (Å²) in [5.41, 5.74) is 1.91. The van der Waals surface area contributed by atoms with E-state index in [-0.39, 0.29) is 9.77 Å². The molecule has 0 saturated carbocycles. The number of hydrogen-bond acceptors (Lipinski definition) is 8. The smallest absolute Gasteiger partial charge is 0.297 e. The lowest BCUT2D eigenvalue weighted by Gasteiger charge is -2.39. The van der Waals surface area contributed by atoms with E-state index >= 15 is 0 Å². The molecule has 0 aliphatic carbocycles. The summed E-state index contributed by atoms with van der Waals surface area (Å²) >= 11 is 4.36. The molecular weight excluding hydrogens is 563 g/mol. The fraction of sp³-hybridized carbons (Fsp3) is 0.391. The molecule has 188 valence electrons. The number of sulfonamides is 1. The highest BCUT2D eigenvalue weighted by molar-refractivity contribution is 9.10. The van der Waals surface area contributed by atoms with Gasteiger partial charge >= 0.3 is 0 Å². The molecule has 1 aromatic carbocycles. The topological polar surface area (TPSA) is 82.0 Å². The van der Waals surface area contributed by atoms with Crippen LogP contribution in [0.4, 0.5) is 11.4 Å². The maximum Gasteiger partial charge on any atom is 0.297 e. The van der Waals surface area contributed by atoms with Gasteiger partial charge in [-0.1, -0.05) is 34.1 Å². The zero-order chi connectivity index (χ0) is 25.4. The van der Waals surface area contributed by atoms with E-state index in [2.05, 4.69) is 42.8 Å². The zero-order valence-electron chi connectivity index (χ0n) is 19.9. The van der Waals surface area contributed by atoms with Crippen LogP contribution in [0.25, 0.3) is 5.69 Å². The maximum atomic E-state index is 13.8. The predicted molar refractivity (Wildman–Crippen MR) is 148 cm³/mol. The number of nitrogens with zero attached hydrogens (tertiary/aromatic N) is 6. The van der Waals surface area contributed by atoms with Gasteiger partial charge < -0.3 is 14.7 Å². The van der Waals surface area contributed by atoms with Gasteiger partial charge in [-0.15, -0.1) is 11.3 Å². The quantitative estimate of drug-likeness (QED) is 0.413. The number of anilines is 2. The van der Waals surface area contributed by atoms with Crippen LogP contribution < -0.4 is 20.1 Å². The molecule has 2 aromatic heterocycles. The minimum Gasteiger partial charge on any atom is -0.366 e. The van der Waals surface area contributed by atoms with E-state index in [0.717, 1.165) is 43.2 Å².